The Morgan fingerprint density at radius 3 is 2.50 bits per heavy atom. The van der Waals surface area contributed by atoms with Gasteiger partial charge in [0.2, 0.25) is 0 Å². The minimum atomic E-state index is 0.763. The average molecular weight is 181 g/mol. The van der Waals surface area contributed by atoms with E-state index in [1.54, 1.807) is 0 Å². The molecule has 2 heteroatoms. The Kier molecular flexibility index (Phi) is 8.24. The predicted octanol–water partition coefficient (Wildman–Crippen LogP) is 3.39. The fraction of sp³-hybridized carbons (Fsp3) is 1.00. The summed E-state index contributed by atoms with van der Waals surface area (Å²) < 4.78 is 0. The van der Waals surface area contributed by atoms with E-state index >= 15 is 0 Å². The first-order valence-corrected chi connectivity index (χ1v) is 5.82. The molecule has 0 spiro atoms. The predicted molar refractivity (Wildman–Crippen MR) is 52.1 cm³/mol. The molecular weight excluding hydrogens is 164 g/mol. The summed E-state index contributed by atoms with van der Waals surface area (Å²) in [7, 11) is 0. The molecule has 0 aromatic carbocycles. The normalized spacial score (nSPS) is 13.5. The Morgan fingerprint density at radius 1 is 1.40 bits per heavy atom. The van der Waals surface area contributed by atoms with Crippen molar-refractivity contribution < 1.29 is 0 Å². The van der Waals surface area contributed by atoms with Crippen LogP contribution in [0.2, 0.25) is 0 Å². The molecule has 0 aromatic heterocycles. The Hall–Kier alpha value is 0.640. The van der Waals surface area contributed by atoms with Crippen LogP contribution in [0.15, 0.2) is 0 Å². The first-order valence-electron chi connectivity index (χ1n) is 3.90. The van der Waals surface area contributed by atoms with Crippen LogP contribution in [0, 0.1) is 5.92 Å². The van der Waals surface area contributed by atoms with Crippen molar-refractivity contribution in [3.63, 3.8) is 0 Å². The van der Waals surface area contributed by atoms with E-state index in [-0.39, 0.29) is 0 Å². The molecule has 1 atom stereocenters. The summed E-state index contributed by atoms with van der Waals surface area (Å²) in [6, 6.07) is 0. The lowest BCUT2D eigenvalue weighted by molar-refractivity contribution is 0.519. The van der Waals surface area contributed by atoms with E-state index in [1.807, 2.05) is 11.8 Å². The average Bonchev–Trinajstić information content (AvgIpc) is 1.98. The van der Waals surface area contributed by atoms with E-state index in [9.17, 15) is 0 Å². The van der Waals surface area contributed by atoms with Crippen molar-refractivity contribution >= 4 is 23.4 Å². The minimum absolute atomic E-state index is 0.763. The van der Waals surface area contributed by atoms with Gasteiger partial charge in [0.1, 0.15) is 0 Å². The summed E-state index contributed by atoms with van der Waals surface area (Å²) in [5, 5.41) is 0. The largest absolute Gasteiger partial charge is 0.165 e. The lowest BCUT2D eigenvalue weighted by atomic mass is 10.0. The molecule has 0 N–H and O–H groups in total. The number of thioether (sulfide) groups is 1. The van der Waals surface area contributed by atoms with Gasteiger partial charge >= 0.3 is 0 Å². The Morgan fingerprint density at radius 2 is 2.10 bits per heavy atom. The van der Waals surface area contributed by atoms with Crippen LogP contribution >= 0.6 is 23.4 Å². The Balaban J connectivity index is 3.21. The van der Waals surface area contributed by atoms with Gasteiger partial charge in [-0.2, -0.15) is 11.8 Å². The summed E-state index contributed by atoms with van der Waals surface area (Å²) in [4.78, 5) is 0. The molecule has 1 unspecified atom stereocenters. The van der Waals surface area contributed by atoms with E-state index in [1.165, 1.54) is 25.0 Å². The van der Waals surface area contributed by atoms with Crippen molar-refractivity contribution in [2.45, 2.75) is 26.2 Å². The number of hydrogen-bond donors (Lipinski definition) is 0. The van der Waals surface area contributed by atoms with E-state index in [0.29, 0.717) is 0 Å². The number of halogens is 1. The van der Waals surface area contributed by atoms with Crippen molar-refractivity contribution in [3.8, 4) is 0 Å². The summed E-state index contributed by atoms with van der Waals surface area (Å²) >= 11 is 7.69. The highest BCUT2D eigenvalue weighted by molar-refractivity contribution is 7.98. The van der Waals surface area contributed by atoms with Gasteiger partial charge in [0, 0.05) is 5.88 Å². The van der Waals surface area contributed by atoms with E-state index in [2.05, 4.69) is 13.2 Å². The fourth-order valence-corrected chi connectivity index (χ4v) is 1.87. The quantitative estimate of drug-likeness (QED) is 0.565. The third kappa shape index (κ3) is 5.43. The van der Waals surface area contributed by atoms with Crippen LogP contribution in [0.4, 0.5) is 0 Å². The lowest BCUT2D eigenvalue weighted by Crippen LogP contribution is -2.02. The summed E-state index contributed by atoms with van der Waals surface area (Å²) in [6.07, 6.45) is 6.01. The van der Waals surface area contributed by atoms with Crippen LogP contribution in [0.5, 0.6) is 0 Å². The third-order valence-corrected chi connectivity index (χ3v) is 2.73. The maximum absolute atomic E-state index is 5.77. The van der Waals surface area contributed by atoms with Gasteiger partial charge < -0.3 is 0 Å². The molecule has 0 amide bonds. The van der Waals surface area contributed by atoms with E-state index < -0.39 is 0 Å². The van der Waals surface area contributed by atoms with Crippen LogP contribution in [0.1, 0.15) is 26.2 Å². The summed E-state index contributed by atoms with van der Waals surface area (Å²) in [5.41, 5.74) is 0. The van der Waals surface area contributed by atoms with Crippen LogP contribution < -0.4 is 0 Å². The topological polar surface area (TPSA) is 0 Å². The maximum atomic E-state index is 5.77. The lowest BCUT2D eigenvalue weighted by Gasteiger charge is -2.10. The van der Waals surface area contributed by atoms with Crippen LogP contribution in [-0.4, -0.2) is 17.9 Å². The zero-order valence-corrected chi connectivity index (χ0v) is 8.47. The van der Waals surface area contributed by atoms with Gasteiger partial charge in [-0.3, -0.25) is 0 Å². The monoisotopic (exact) mass is 180 g/mol. The van der Waals surface area contributed by atoms with Crippen LogP contribution in [0.25, 0.3) is 0 Å². The second-order valence-corrected chi connectivity index (χ2v) is 3.88. The minimum Gasteiger partial charge on any atom is -0.165 e. The van der Waals surface area contributed by atoms with E-state index in [4.69, 9.17) is 11.6 Å². The second-order valence-electron chi connectivity index (χ2n) is 2.59. The highest BCUT2D eigenvalue weighted by Gasteiger charge is 2.04. The van der Waals surface area contributed by atoms with Crippen molar-refractivity contribution in [1.29, 1.82) is 0 Å². The molecule has 0 aromatic rings. The molecule has 0 saturated carbocycles. The molecule has 0 aliphatic rings. The Bertz CT molecular complexity index is 66.3. The third-order valence-electron chi connectivity index (χ3n) is 1.65. The molecule has 0 radical (unpaired) electrons. The molecule has 0 saturated heterocycles. The van der Waals surface area contributed by atoms with Crippen molar-refractivity contribution in [3.05, 3.63) is 0 Å². The number of hydrogen-bond acceptors (Lipinski definition) is 1. The zero-order chi connectivity index (χ0) is 7.82. The van der Waals surface area contributed by atoms with Crippen molar-refractivity contribution in [2.75, 3.05) is 17.9 Å². The van der Waals surface area contributed by atoms with Gasteiger partial charge in [-0.15, -0.1) is 11.6 Å². The van der Waals surface area contributed by atoms with Crippen LogP contribution in [0.3, 0.4) is 0 Å². The molecule has 0 aliphatic carbocycles. The van der Waals surface area contributed by atoms with E-state index in [0.717, 1.165) is 11.8 Å². The van der Waals surface area contributed by atoms with Gasteiger partial charge in [0.15, 0.2) is 0 Å². The first-order chi connectivity index (χ1) is 4.85. The highest BCUT2D eigenvalue weighted by atomic mass is 35.5. The zero-order valence-electron chi connectivity index (χ0n) is 6.90. The smallest absolute Gasteiger partial charge is 0.0252 e. The maximum Gasteiger partial charge on any atom is 0.0252 e. The highest BCUT2D eigenvalue weighted by Crippen LogP contribution is 2.14. The molecule has 62 valence electrons. The summed E-state index contributed by atoms with van der Waals surface area (Å²) in [5.74, 6) is 2.87. The second kappa shape index (κ2) is 7.74. The van der Waals surface area contributed by atoms with Crippen molar-refractivity contribution in [2.24, 2.45) is 5.92 Å². The fourth-order valence-electron chi connectivity index (χ4n) is 0.991. The van der Waals surface area contributed by atoms with Gasteiger partial charge in [-0.1, -0.05) is 13.3 Å². The molecule has 10 heavy (non-hydrogen) atoms. The standard InChI is InChI=1S/C8H17ClS/c1-3-4-8(7-9)5-6-10-2/h8H,3-7H2,1-2H3. The molecular formula is C8H17ClS. The Labute approximate surface area is 73.7 Å². The first kappa shape index (κ1) is 10.6. The number of alkyl halides is 1. The molecule has 0 bridgehead atoms. The molecule has 0 heterocycles. The SMILES string of the molecule is CCCC(CCl)CCSC. The molecule has 0 rings (SSSR count). The van der Waals surface area contributed by atoms with Gasteiger partial charge in [0.05, 0.1) is 0 Å². The summed E-state index contributed by atoms with van der Waals surface area (Å²) in [6.45, 7) is 2.22. The van der Waals surface area contributed by atoms with Gasteiger partial charge in [-0.05, 0) is 30.8 Å². The van der Waals surface area contributed by atoms with Gasteiger partial charge in [0.25, 0.3) is 0 Å². The number of rotatable bonds is 6. The van der Waals surface area contributed by atoms with Crippen LogP contribution in [-0.2, 0) is 0 Å². The van der Waals surface area contributed by atoms with Crippen molar-refractivity contribution in [1.82, 2.24) is 0 Å². The molecule has 0 fully saturated rings. The molecule has 0 nitrogen and oxygen atoms in total. The van der Waals surface area contributed by atoms with Gasteiger partial charge in [-0.25, -0.2) is 0 Å². The molecule has 0 aliphatic heterocycles.